The third-order valence-corrected chi connectivity index (χ3v) is 3.47. The van der Waals surface area contributed by atoms with Gasteiger partial charge >= 0.3 is 0 Å². The van der Waals surface area contributed by atoms with Crippen LogP contribution in [0.5, 0.6) is 0 Å². The summed E-state index contributed by atoms with van der Waals surface area (Å²) in [7, 11) is 0. The maximum absolute atomic E-state index is 5.67. The van der Waals surface area contributed by atoms with Gasteiger partial charge in [0, 0.05) is 4.47 Å². The molecule has 15 heavy (non-hydrogen) atoms. The van der Waals surface area contributed by atoms with E-state index in [9.17, 15) is 0 Å². The molecule has 2 aromatic rings. The summed E-state index contributed by atoms with van der Waals surface area (Å²) in [5.41, 5.74) is 6.98. The molecule has 2 rings (SSSR count). The van der Waals surface area contributed by atoms with Crippen LogP contribution in [0.25, 0.3) is 10.8 Å². The molecule has 0 aromatic heterocycles. The Balaban J connectivity index is 2.57. The lowest BCUT2D eigenvalue weighted by atomic mass is 9.98. The number of fused-ring (bicyclic) bond motifs is 1. The molecule has 2 heteroatoms. The fourth-order valence-electron chi connectivity index (χ4n) is 1.71. The first-order valence-corrected chi connectivity index (χ1v) is 5.90. The SMILES string of the molecule is CC(CN)c1ccc2c(Br)cccc2c1. The van der Waals surface area contributed by atoms with Crippen molar-refractivity contribution in [2.45, 2.75) is 12.8 Å². The Morgan fingerprint density at radius 1 is 1.27 bits per heavy atom. The average molecular weight is 264 g/mol. The molecule has 78 valence electrons. The fourth-order valence-corrected chi connectivity index (χ4v) is 2.22. The first-order valence-electron chi connectivity index (χ1n) is 5.10. The normalized spacial score (nSPS) is 13.0. The third-order valence-electron chi connectivity index (χ3n) is 2.77. The Bertz CT molecular complexity index is 479. The van der Waals surface area contributed by atoms with Crippen molar-refractivity contribution in [1.82, 2.24) is 0 Å². The number of benzene rings is 2. The molecule has 2 aromatic carbocycles. The third kappa shape index (κ3) is 2.06. The fraction of sp³-hybridized carbons (Fsp3) is 0.231. The lowest BCUT2D eigenvalue weighted by Crippen LogP contribution is -2.08. The van der Waals surface area contributed by atoms with E-state index < -0.39 is 0 Å². The van der Waals surface area contributed by atoms with Gasteiger partial charge in [-0.25, -0.2) is 0 Å². The summed E-state index contributed by atoms with van der Waals surface area (Å²) in [6.07, 6.45) is 0. The van der Waals surface area contributed by atoms with Crippen molar-refractivity contribution in [2.24, 2.45) is 5.73 Å². The molecule has 0 heterocycles. The van der Waals surface area contributed by atoms with Crippen molar-refractivity contribution in [3.05, 3.63) is 46.4 Å². The molecule has 2 N–H and O–H groups in total. The maximum atomic E-state index is 5.67. The molecule has 1 nitrogen and oxygen atoms in total. The van der Waals surface area contributed by atoms with Gasteiger partial charge in [-0.3, -0.25) is 0 Å². The van der Waals surface area contributed by atoms with Crippen molar-refractivity contribution in [3.8, 4) is 0 Å². The van der Waals surface area contributed by atoms with Crippen molar-refractivity contribution in [3.63, 3.8) is 0 Å². The first-order chi connectivity index (χ1) is 7.22. The highest BCUT2D eigenvalue weighted by molar-refractivity contribution is 9.10. The highest BCUT2D eigenvalue weighted by atomic mass is 79.9. The molecule has 0 aliphatic carbocycles. The Morgan fingerprint density at radius 3 is 2.80 bits per heavy atom. The van der Waals surface area contributed by atoms with Crippen LogP contribution in [0.2, 0.25) is 0 Å². The van der Waals surface area contributed by atoms with E-state index in [-0.39, 0.29) is 0 Å². The van der Waals surface area contributed by atoms with Crippen LogP contribution in [0.1, 0.15) is 18.4 Å². The molecule has 0 spiro atoms. The van der Waals surface area contributed by atoms with Crippen molar-refractivity contribution in [1.29, 1.82) is 0 Å². The lowest BCUT2D eigenvalue weighted by Gasteiger charge is -2.10. The summed E-state index contributed by atoms with van der Waals surface area (Å²) in [5, 5.41) is 2.52. The zero-order valence-corrected chi connectivity index (χ0v) is 10.3. The van der Waals surface area contributed by atoms with Crippen LogP contribution in [0.15, 0.2) is 40.9 Å². The molecule has 0 radical (unpaired) electrons. The lowest BCUT2D eigenvalue weighted by molar-refractivity contribution is 0.775. The van der Waals surface area contributed by atoms with Gasteiger partial charge in [0.2, 0.25) is 0 Å². The topological polar surface area (TPSA) is 26.0 Å². The van der Waals surface area contributed by atoms with Gasteiger partial charge in [-0.1, -0.05) is 53.2 Å². The summed E-state index contributed by atoms with van der Waals surface area (Å²) >= 11 is 3.55. The number of halogens is 1. The molecular formula is C13H14BrN. The van der Waals surface area contributed by atoms with E-state index in [4.69, 9.17) is 5.73 Å². The van der Waals surface area contributed by atoms with E-state index in [2.05, 4.69) is 59.3 Å². The van der Waals surface area contributed by atoms with Crippen LogP contribution in [0, 0.1) is 0 Å². The molecule has 0 aliphatic rings. The van der Waals surface area contributed by atoms with Crippen molar-refractivity contribution in [2.75, 3.05) is 6.54 Å². The number of hydrogen-bond acceptors (Lipinski definition) is 1. The maximum Gasteiger partial charge on any atom is 0.0253 e. The molecule has 0 saturated carbocycles. The predicted molar refractivity (Wildman–Crippen MR) is 69.1 cm³/mol. The summed E-state index contributed by atoms with van der Waals surface area (Å²) in [6.45, 7) is 2.85. The van der Waals surface area contributed by atoms with Crippen LogP contribution in [0.3, 0.4) is 0 Å². The minimum atomic E-state index is 0.424. The Labute approximate surface area is 98.4 Å². The van der Waals surface area contributed by atoms with Crippen LogP contribution < -0.4 is 5.73 Å². The average Bonchev–Trinajstić information content (AvgIpc) is 2.28. The summed E-state index contributed by atoms with van der Waals surface area (Å²) in [4.78, 5) is 0. The zero-order valence-electron chi connectivity index (χ0n) is 8.70. The van der Waals surface area contributed by atoms with Crippen molar-refractivity contribution >= 4 is 26.7 Å². The molecule has 0 aliphatic heterocycles. The van der Waals surface area contributed by atoms with Crippen molar-refractivity contribution < 1.29 is 0 Å². The van der Waals surface area contributed by atoms with Gasteiger partial charge in [0.25, 0.3) is 0 Å². The summed E-state index contributed by atoms with van der Waals surface area (Å²) in [5.74, 6) is 0.424. The largest absolute Gasteiger partial charge is 0.330 e. The van der Waals surface area contributed by atoms with Gasteiger partial charge in [-0.2, -0.15) is 0 Å². The molecule has 0 bridgehead atoms. The first kappa shape index (κ1) is 10.7. The van der Waals surface area contributed by atoms with E-state index in [1.807, 2.05) is 0 Å². The smallest absolute Gasteiger partial charge is 0.0253 e. The van der Waals surface area contributed by atoms with E-state index in [1.165, 1.54) is 16.3 Å². The Morgan fingerprint density at radius 2 is 2.07 bits per heavy atom. The predicted octanol–water partition coefficient (Wildman–Crippen LogP) is 3.66. The number of rotatable bonds is 2. The minimum absolute atomic E-state index is 0.424. The van der Waals surface area contributed by atoms with E-state index in [1.54, 1.807) is 0 Å². The van der Waals surface area contributed by atoms with Crippen LogP contribution in [0.4, 0.5) is 0 Å². The summed E-state index contributed by atoms with van der Waals surface area (Å²) in [6, 6.07) is 12.8. The summed E-state index contributed by atoms with van der Waals surface area (Å²) < 4.78 is 1.15. The van der Waals surface area contributed by atoms with Crippen LogP contribution in [-0.4, -0.2) is 6.54 Å². The van der Waals surface area contributed by atoms with E-state index >= 15 is 0 Å². The second kappa shape index (κ2) is 4.33. The second-order valence-corrected chi connectivity index (χ2v) is 4.71. The molecule has 0 fully saturated rings. The number of hydrogen-bond donors (Lipinski definition) is 1. The number of nitrogens with two attached hydrogens (primary N) is 1. The quantitative estimate of drug-likeness (QED) is 0.880. The van der Waals surface area contributed by atoms with Crippen LogP contribution in [-0.2, 0) is 0 Å². The van der Waals surface area contributed by atoms with E-state index in [0.717, 1.165) is 4.47 Å². The molecule has 0 saturated heterocycles. The minimum Gasteiger partial charge on any atom is -0.330 e. The highest BCUT2D eigenvalue weighted by Gasteiger charge is 2.04. The monoisotopic (exact) mass is 263 g/mol. The van der Waals surface area contributed by atoms with Gasteiger partial charge in [0.1, 0.15) is 0 Å². The molecule has 1 atom stereocenters. The molecule has 0 amide bonds. The molecular weight excluding hydrogens is 250 g/mol. The second-order valence-electron chi connectivity index (χ2n) is 3.86. The van der Waals surface area contributed by atoms with Gasteiger partial charge in [-0.15, -0.1) is 0 Å². The Kier molecular flexibility index (Phi) is 3.08. The Hall–Kier alpha value is -0.860. The van der Waals surface area contributed by atoms with Gasteiger partial charge in [0.15, 0.2) is 0 Å². The van der Waals surface area contributed by atoms with E-state index in [0.29, 0.717) is 12.5 Å². The highest BCUT2D eigenvalue weighted by Crippen LogP contribution is 2.26. The van der Waals surface area contributed by atoms with Gasteiger partial charge < -0.3 is 5.73 Å². The van der Waals surface area contributed by atoms with Gasteiger partial charge in [0.05, 0.1) is 0 Å². The standard InChI is InChI=1S/C13H14BrN/c1-9(8-15)10-5-6-12-11(7-10)3-2-4-13(12)14/h2-7,9H,8,15H2,1H3. The molecule has 1 unspecified atom stereocenters. The van der Waals surface area contributed by atoms with Crippen LogP contribution >= 0.6 is 15.9 Å². The zero-order chi connectivity index (χ0) is 10.8. The van der Waals surface area contributed by atoms with Gasteiger partial charge in [-0.05, 0) is 34.9 Å².